The zero-order valence-electron chi connectivity index (χ0n) is 13.5. The molecule has 0 amide bonds. The van der Waals surface area contributed by atoms with E-state index in [0.29, 0.717) is 5.56 Å². The van der Waals surface area contributed by atoms with Gasteiger partial charge in [-0.25, -0.2) is 13.2 Å². The molecule has 0 saturated heterocycles. The number of carboxylic acids is 1. The van der Waals surface area contributed by atoms with Crippen molar-refractivity contribution in [3.8, 4) is 5.75 Å². The summed E-state index contributed by atoms with van der Waals surface area (Å²) in [5.41, 5.74) is 1.39. The summed E-state index contributed by atoms with van der Waals surface area (Å²) in [6.45, 7) is 1.93. The van der Waals surface area contributed by atoms with E-state index in [0.717, 1.165) is 11.0 Å². The number of aryl methyl sites for hydroxylation is 1. The van der Waals surface area contributed by atoms with Gasteiger partial charge in [0.05, 0.1) is 12.5 Å². The fraction of sp³-hybridized carbons (Fsp3) is 0.118. The Bertz CT molecular complexity index is 921. The van der Waals surface area contributed by atoms with Crippen LogP contribution in [0.5, 0.6) is 5.75 Å². The molecule has 132 valence electrons. The Balaban J connectivity index is 2.39. The first-order valence-corrected chi connectivity index (χ1v) is 9.45. The molecule has 8 heteroatoms. The molecule has 0 unspecified atom stereocenters. The number of halogens is 1. The van der Waals surface area contributed by atoms with Crippen LogP contribution in [0.25, 0.3) is 6.08 Å². The Hall–Kier alpha value is -2.32. The molecule has 0 aromatic heterocycles. The van der Waals surface area contributed by atoms with Gasteiger partial charge in [0, 0.05) is 4.47 Å². The van der Waals surface area contributed by atoms with Crippen molar-refractivity contribution in [2.24, 2.45) is 0 Å². The number of methoxy groups -OCH3 is 1. The van der Waals surface area contributed by atoms with Gasteiger partial charge in [-0.15, -0.1) is 0 Å². The molecule has 0 bridgehead atoms. The maximum Gasteiger partial charge on any atom is 0.339 e. The molecule has 25 heavy (non-hydrogen) atoms. The monoisotopic (exact) mass is 425 g/mol. The van der Waals surface area contributed by atoms with Gasteiger partial charge in [-0.1, -0.05) is 29.8 Å². The SMILES string of the molecule is COc1ccc(Br)c(C(=O)O)c1NS(=O)(=O)/C=C/c1ccc(C)cc1. The zero-order valence-corrected chi connectivity index (χ0v) is 15.9. The molecule has 6 nitrogen and oxygen atoms in total. The molecule has 0 spiro atoms. The van der Waals surface area contributed by atoms with E-state index in [9.17, 15) is 18.3 Å². The molecule has 0 radical (unpaired) electrons. The standard InChI is InChI=1S/C17H16BrNO5S/c1-11-3-5-12(6-4-11)9-10-25(22,23)19-16-14(24-2)8-7-13(18)15(16)17(20)21/h3-10,19H,1-2H3,(H,20,21)/b10-9+. The minimum Gasteiger partial charge on any atom is -0.495 e. The van der Waals surface area contributed by atoms with E-state index in [1.165, 1.54) is 25.3 Å². The first-order valence-electron chi connectivity index (χ1n) is 7.11. The van der Waals surface area contributed by atoms with Crippen LogP contribution >= 0.6 is 15.9 Å². The first kappa shape index (κ1) is 19.0. The number of benzene rings is 2. The molecular formula is C17H16BrNO5S. The summed E-state index contributed by atoms with van der Waals surface area (Å²) in [5, 5.41) is 10.3. The molecule has 0 fully saturated rings. The summed E-state index contributed by atoms with van der Waals surface area (Å²) in [4.78, 5) is 11.5. The van der Waals surface area contributed by atoms with Crippen LogP contribution in [-0.4, -0.2) is 26.6 Å². The summed E-state index contributed by atoms with van der Waals surface area (Å²) >= 11 is 3.11. The Morgan fingerprint density at radius 1 is 1.20 bits per heavy atom. The van der Waals surface area contributed by atoms with E-state index in [4.69, 9.17) is 4.74 Å². The largest absolute Gasteiger partial charge is 0.495 e. The third-order valence-electron chi connectivity index (χ3n) is 3.31. The number of rotatable bonds is 6. The summed E-state index contributed by atoms with van der Waals surface area (Å²) < 4.78 is 32.2. The van der Waals surface area contributed by atoms with Gasteiger partial charge in [-0.2, -0.15) is 0 Å². The molecule has 2 aromatic carbocycles. The van der Waals surface area contributed by atoms with Gasteiger partial charge < -0.3 is 9.84 Å². The number of anilines is 1. The van der Waals surface area contributed by atoms with Gasteiger partial charge in [0.2, 0.25) is 0 Å². The average Bonchev–Trinajstić information content (AvgIpc) is 2.54. The van der Waals surface area contributed by atoms with Crippen LogP contribution in [-0.2, 0) is 10.0 Å². The lowest BCUT2D eigenvalue weighted by molar-refractivity contribution is 0.0696. The van der Waals surface area contributed by atoms with Crippen molar-refractivity contribution >= 4 is 43.7 Å². The van der Waals surface area contributed by atoms with Gasteiger partial charge >= 0.3 is 5.97 Å². The fourth-order valence-electron chi connectivity index (χ4n) is 2.06. The molecule has 2 N–H and O–H groups in total. The van der Waals surface area contributed by atoms with Crippen LogP contribution < -0.4 is 9.46 Å². The third kappa shape index (κ3) is 4.83. The average molecular weight is 426 g/mol. The second-order valence-corrected chi connectivity index (χ2v) is 7.59. The minimum atomic E-state index is -3.94. The van der Waals surface area contributed by atoms with Gasteiger partial charge in [-0.05, 0) is 46.6 Å². The van der Waals surface area contributed by atoms with E-state index >= 15 is 0 Å². The summed E-state index contributed by atoms with van der Waals surface area (Å²) in [7, 11) is -2.61. The highest BCUT2D eigenvalue weighted by Crippen LogP contribution is 2.35. The lowest BCUT2D eigenvalue weighted by atomic mass is 10.1. The Labute approximate surface area is 154 Å². The zero-order chi connectivity index (χ0) is 18.6. The summed E-state index contributed by atoms with van der Waals surface area (Å²) in [5.74, 6) is -1.18. The highest BCUT2D eigenvalue weighted by atomic mass is 79.9. The van der Waals surface area contributed by atoms with Crippen molar-refractivity contribution < 1.29 is 23.1 Å². The van der Waals surface area contributed by atoms with E-state index in [1.54, 1.807) is 12.1 Å². The smallest absolute Gasteiger partial charge is 0.339 e. The molecule has 0 aliphatic heterocycles. The third-order valence-corrected chi connectivity index (χ3v) is 4.96. The van der Waals surface area contributed by atoms with Crippen molar-refractivity contribution in [2.75, 3.05) is 11.8 Å². The van der Waals surface area contributed by atoms with Gasteiger partial charge in [-0.3, -0.25) is 4.72 Å². The van der Waals surface area contributed by atoms with Crippen LogP contribution in [0.2, 0.25) is 0 Å². The number of carbonyl (C=O) groups is 1. The molecule has 0 aliphatic carbocycles. The van der Waals surface area contributed by atoms with Crippen LogP contribution in [0.3, 0.4) is 0 Å². The summed E-state index contributed by atoms with van der Waals surface area (Å²) in [6.07, 6.45) is 1.42. The van der Waals surface area contributed by atoms with Crippen molar-refractivity contribution in [3.63, 3.8) is 0 Å². The highest BCUT2D eigenvalue weighted by molar-refractivity contribution is 9.10. The molecule has 0 atom stereocenters. The van der Waals surface area contributed by atoms with Crippen molar-refractivity contribution in [2.45, 2.75) is 6.92 Å². The van der Waals surface area contributed by atoms with Crippen LogP contribution in [0.1, 0.15) is 21.5 Å². The number of hydrogen-bond acceptors (Lipinski definition) is 4. The Morgan fingerprint density at radius 2 is 1.84 bits per heavy atom. The van der Waals surface area contributed by atoms with Gasteiger partial charge in [0.25, 0.3) is 10.0 Å². The van der Waals surface area contributed by atoms with Gasteiger partial charge in [0.15, 0.2) is 0 Å². The van der Waals surface area contributed by atoms with E-state index in [1.807, 2.05) is 19.1 Å². The second kappa shape index (κ2) is 7.71. The fourth-order valence-corrected chi connectivity index (χ4v) is 3.45. The maximum atomic E-state index is 12.3. The van der Waals surface area contributed by atoms with Crippen LogP contribution in [0.15, 0.2) is 46.3 Å². The van der Waals surface area contributed by atoms with Crippen molar-refractivity contribution in [1.29, 1.82) is 0 Å². The number of nitrogens with one attached hydrogen (secondary N) is 1. The van der Waals surface area contributed by atoms with Crippen molar-refractivity contribution in [1.82, 2.24) is 0 Å². The molecule has 0 saturated carbocycles. The molecule has 2 aromatic rings. The number of carboxylic acid groups (broad SMARTS) is 1. The Kier molecular flexibility index (Phi) is 5.86. The van der Waals surface area contributed by atoms with E-state index in [-0.39, 0.29) is 21.5 Å². The van der Waals surface area contributed by atoms with Gasteiger partial charge in [0.1, 0.15) is 17.0 Å². The minimum absolute atomic E-state index is 0.105. The normalized spacial score (nSPS) is 11.5. The quantitative estimate of drug-likeness (QED) is 0.732. The highest BCUT2D eigenvalue weighted by Gasteiger charge is 2.22. The number of ether oxygens (including phenoxy) is 1. The summed E-state index contributed by atoms with van der Waals surface area (Å²) in [6, 6.07) is 10.2. The Morgan fingerprint density at radius 3 is 2.40 bits per heavy atom. The predicted molar refractivity (Wildman–Crippen MR) is 100 cm³/mol. The maximum absolute atomic E-state index is 12.3. The lowest BCUT2D eigenvalue weighted by Gasteiger charge is -2.14. The van der Waals surface area contributed by atoms with Crippen LogP contribution in [0, 0.1) is 6.92 Å². The predicted octanol–water partition coefficient (Wildman–Crippen LogP) is 3.88. The van der Waals surface area contributed by atoms with E-state index in [2.05, 4.69) is 20.7 Å². The van der Waals surface area contributed by atoms with E-state index < -0.39 is 16.0 Å². The second-order valence-electron chi connectivity index (χ2n) is 5.17. The lowest BCUT2D eigenvalue weighted by Crippen LogP contribution is -2.14. The molecule has 0 aliphatic rings. The molecule has 2 rings (SSSR count). The number of aromatic carboxylic acids is 1. The topological polar surface area (TPSA) is 92.7 Å². The van der Waals surface area contributed by atoms with Crippen LogP contribution in [0.4, 0.5) is 5.69 Å². The van der Waals surface area contributed by atoms with Crippen molar-refractivity contribution in [3.05, 3.63) is 63.0 Å². The number of sulfonamides is 1. The first-order chi connectivity index (χ1) is 11.7. The molecular weight excluding hydrogens is 410 g/mol. The molecule has 0 heterocycles. The number of hydrogen-bond donors (Lipinski definition) is 2.